The number of hydrogen-bond donors (Lipinski definition) is 2. The molecular formula is C15H24N2O2. The first-order valence-corrected chi connectivity index (χ1v) is 6.78. The van der Waals surface area contributed by atoms with Crippen molar-refractivity contribution < 1.29 is 9.53 Å². The van der Waals surface area contributed by atoms with Crippen molar-refractivity contribution in [3.63, 3.8) is 0 Å². The van der Waals surface area contributed by atoms with Crippen LogP contribution in [0.2, 0.25) is 0 Å². The predicted molar refractivity (Wildman–Crippen MR) is 78.1 cm³/mol. The highest BCUT2D eigenvalue weighted by atomic mass is 16.5. The van der Waals surface area contributed by atoms with E-state index in [4.69, 9.17) is 10.5 Å². The van der Waals surface area contributed by atoms with Crippen LogP contribution in [0.1, 0.15) is 40.0 Å². The summed E-state index contributed by atoms with van der Waals surface area (Å²) in [5, 5.41) is 3.05. The maximum absolute atomic E-state index is 11.8. The van der Waals surface area contributed by atoms with Crippen LogP contribution in [0.3, 0.4) is 0 Å². The Balaban J connectivity index is 2.33. The first-order chi connectivity index (χ1) is 8.99. The number of ether oxygens (including phenoxy) is 1. The van der Waals surface area contributed by atoms with E-state index < -0.39 is 0 Å². The number of rotatable bonds is 7. The van der Waals surface area contributed by atoms with Gasteiger partial charge in [0.05, 0.1) is 13.0 Å². The van der Waals surface area contributed by atoms with E-state index in [1.54, 1.807) is 24.3 Å². The molecule has 0 aliphatic rings. The SMILES string of the molecule is CCC(C)(CC)NC(=O)CCOc1ccc(N)cc1. The number of carbonyl (C=O) groups is 1. The number of carbonyl (C=O) groups excluding carboxylic acids is 1. The zero-order valence-electron chi connectivity index (χ0n) is 12.0. The Labute approximate surface area is 115 Å². The molecule has 0 saturated heterocycles. The quantitative estimate of drug-likeness (QED) is 0.744. The summed E-state index contributed by atoms with van der Waals surface area (Å²) in [6, 6.07) is 7.16. The smallest absolute Gasteiger partial charge is 0.223 e. The maximum atomic E-state index is 11.8. The molecule has 0 radical (unpaired) electrons. The number of hydrogen-bond acceptors (Lipinski definition) is 3. The van der Waals surface area contributed by atoms with Gasteiger partial charge in [-0.15, -0.1) is 0 Å². The molecule has 4 heteroatoms. The minimum Gasteiger partial charge on any atom is -0.493 e. The van der Waals surface area contributed by atoms with Crippen molar-refractivity contribution in [2.45, 2.75) is 45.6 Å². The van der Waals surface area contributed by atoms with Crippen molar-refractivity contribution in [3.05, 3.63) is 24.3 Å². The van der Waals surface area contributed by atoms with Crippen LogP contribution in [0.5, 0.6) is 5.75 Å². The molecule has 1 amide bonds. The third-order valence-electron chi connectivity index (χ3n) is 3.48. The zero-order chi connectivity index (χ0) is 14.3. The molecule has 0 aliphatic carbocycles. The Morgan fingerprint density at radius 3 is 2.37 bits per heavy atom. The Bertz CT molecular complexity index is 397. The predicted octanol–water partition coefficient (Wildman–Crippen LogP) is 2.73. The van der Waals surface area contributed by atoms with Gasteiger partial charge >= 0.3 is 0 Å². The van der Waals surface area contributed by atoms with Crippen LogP contribution in [0.15, 0.2) is 24.3 Å². The van der Waals surface area contributed by atoms with Gasteiger partial charge in [0.1, 0.15) is 5.75 Å². The lowest BCUT2D eigenvalue weighted by atomic mass is 9.95. The molecular weight excluding hydrogens is 240 g/mol. The molecule has 0 aliphatic heterocycles. The van der Waals surface area contributed by atoms with E-state index >= 15 is 0 Å². The Morgan fingerprint density at radius 1 is 1.26 bits per heavy atom. The average molecular weight is 264 g/mol. The molecule has 106 valence electrons. The lowest BCUT2D eigenvalue weighted by Crippen LogP contribution is -2.45. The summed E-state index contributed by atoms with van der Waals surface area (Å²) in [6.07, 6.45) is 2.21. The number of amides is 1. The van der Waals surface area contributed by atoms with Gasteiger partial charge < -0.3 is 15.8 Å². The van der Waals surface area contributed by atoms with Crippen molar-refractivity contribution >= 4 is 11.6 Å². The molecule has 1 aromatic carbocycles. The summed E-state index contributed by atoms with van der Waals surface area (Å²) in [5.41, 5.74) is 6.17. The molecule has 0 saturated carbocycles. The van der Waals surface area contributed by atoms with E-state index in [9.17, 15) is 4.79 Å². The molecule has 0 fully saturated rings. The second-order valence-corrected chi connectivity index (χ2v) is 4.98. The number of benzene rings is 1. The van der Waals surface area contributed by atoms with Crippen molar-refractivity contribution in [2.75, 3.05) is 12.3 Å². The number of nitrogens with one attached hydrogen (secondary N) is 1. The van der Waals surface area contributed by atoms with Gasteiger partial charge in [-0.1, -0.05) is 13.8 Å². The Kier molecular flexibility index (Phi) is 5.67. The van der Waals surface area contributed by atoms with Crippen molar-refractivity contribution in [3.8, 4) is 5.75 Å². The first kappa shape index (κ1) is 15.3. The van der Waals surface area contributed by atoms with Crippen LogP contribution in [-0.2, 0) is 4.79 Å². The summed E-state index contributed by atoms with van der Waals surface area (Å²) >= 11 is 0. The summed E-state index contributed by atoms with van der Waals surface area (Å²) in [6.45, 7) is 6.59. The highest BCUT2D eigenvalue weighted by Crippen LogP contribution is 2.15. The second-order valence-electron chi connectivity index (χ2n) is 4.98. The molecule has 0 heterocycles. The van der Waals surface area contributed by atoms with Crippen LogP contribution in [0, 0.1) is 0 Å². The zero-order valence-corrected chi connectivity index (χ0v) is 12.0. The fourth-order valence-electron chi connectivity index (χ4n) is 1.65. The minimum atomic E-state index is -0.113. The maximum Gasteiger partial charge on any atom is 0.223 e. The molecule has 4 nitrogen and oxygen atoms in total. The number of nitrogens with two attached hydrogens (primary N) is 1. The molecule has 19 heavy (non-hydrogen) atoms. The largest absolute Gasteiger partial charge is 0.493 e. The minimum absolute atomic E-state index is 0.0293. The van der Waals surface area contributed by atoms with Crippen molar-refractivity contribution in [1.82, 2.24) is 5.32 Å². The first-order valence-electron chi connectivity index (χ1n) is 6.78. The van der Waals surface area contributed by atoms with Gasteiger partial charge in [-0.2, -0.15) is 0 Å². The average Bonchev–Trinajstić information content (AvgIpc) is 2.41. The van der Waals surface area contributed by atoms with Crippen LogP contribution in [0.25, 0.3) is 0 Å². The summed E-state index contributed by atoms with van der Waals surface area (Å²) in [7, 11) is 0. The molecule has 1 rings (SSSR count). The second kappa shape index (κ2) is 7.02. The van der Waals surface area contributed by atoms with Crippen LogP contribution < -0.4 is 15.8 Å². The van der Waals surface area contributed by atoms with E-state index in [2.05, 4.69) is 26.1 Å². The standard InChI is InChI=1S/C15H24N2O2/c1-4-15(3,5-2)17-14(18)10-11-19-13-8-6-12(16)7-9-13/h6-9H,4-5,10-11,16H2,1-3H3,(H,17,18). The molecule has 3 N–H and O–H groups in total. The van der Waals surface area contributed by atoms with Crippen LogP contribution in [0.4, 0.5) is 5.69 Å². The Hall–Kier alpha value is -1.71. The van der Waals surface area contributed by atoms with Gasteiger partial charge in [0.2, 0.25) is 5.91 Å². The van der Waals surface area contributed by atoms with E-state index in [1.807, 2.05) is 0 Å². The lowest BCUT2D eigenvalue weighted by Gasteiger charge is -2.28. The normalized spacial score (nSPS) is 11.1. The molecule has 0 bridgehead atoms. The highest BCUT2D eigenvalue weighted by molar-refractivity contribution is 5.76. The Morgan fingerprint density at radius 2 is 1.84 bits per heavy atom. The highest BCUT2D eigenvalue weighted by Gasteiger charge is 2.21. The molecule has 1 aromatic rings. The van der Waals surface area contributed by atoms with E-state index in [-0.39, 0.29) is 11.4 Å². The molecule has 0 unspecified atom stereocenters. The van der Waals surface area contributed by atoms with Gasteiger partial charge in [0.15, 0.2) is 0 Å². The van der Waals surface area contributed by atoms with E-state index in [0.29, 0.717) is 18.7 Å². The van der Waals surface area contributed by atoms with E-state index in [1.165, 1.54) is 0 Å². The fraction of sp³-hybridized carbons (Fsp3) is 0.533. The van der Waals surface area contributed by atoms with Crippen molar-refractivity contribution in [2.24, 2.45) is 0 Å². The van der Waals surface area contributed by atoms with Gasteiger partial charge in [-0.3, -0.25) is 4.79 Å². The van der Waals surface area contributed by atoms with Gasteiger partial charge in [0.25, 0.3) is 0 Å². The van der Waals surface area contributed by atoms with Crippen LogP contribution >= 0.6 is 0 Å². The lowest BCUT2D eigenvalue weighted by molar-refractivity contribution is -0.123. The van der Waals surface area contributed by atoms with Crippen molar-refractivity contribution in [1.29, 1.82) is 0 Å². The molecule has 0 atom stereocenters. The van der Waals surface area contributed by atoms with E-state index in [0.717, 1.165) is 18.6 Å². The van der Waals surface area contributed by atoms with Gasteiger partial charge in [-0.25, -0.2) is 0 Å². The van der Waals surface area contributed by atoms with Gasteiger partial charge in [-0.05, 0) is 44.0 Å². The summed E-state index contributed by atoms with van der Waals surface area (Å²) < 4.78 is 5.50. The number of anilines is 1. The third kappa shape index (κ3) is 5.20. The molecule has 0 aromatic heterocycles. The molecule has 0 spiro atoms. The monoisotopic (exact) mass is 264 g/mol. The fourth-order valence-corrected chi connectivity index (χ4v) is 1.65. The number of nitrogen functional groups attached to an aromatic ring is 1. The van der Waals surface area contributed by atoms with Crippen LogP contribution in [-0.4, -0.2) is 18.1 Å². The topological polar surface area (TPSA) is 64.3 Å². The summed E-state index contributed by atoms with van der Waals surface area (Å²) in [4.78, 5) is 11.8. The summed E-state index contributed by atoms with van der Waals surface area (Å²) in [5.74, 6) is 0.761. The third-order valence-corrected chi connectivity index (χ3v) is 3.48. The van der Waals surface area contributed by atoms with Gasteiger partial charge in [0, 0.05) is 11.2 Å².